The summed E-state index contributed by atoms with van der Waals surface area (Å²) in [6.45, 7) is 10.3. The maximum atomic E-state index is 10.3. The average Bonchev–Trinajstić information content (AvgIpc) is 3.14. The van der Waals surface area contributed by atoms with E-state index in [4.69, 9.17) is 4.98 Å². The van der Waals surface area contributed by atoms with E-state index in [2.05, 4.69) is 51.2 Å². The van der Waals surface area contributed by atoms with Gasteiger partial charge in [0.15, 0.2) is 11.6 Å². The number of rotatable bonds is 5. The summed E-state index contributed by atoms with van der Waals surface area (Å²) in [5.41, 5.74) is 3.40. The minimum Gasteiger partial charge on any atom is -0.385 e. The smallest absolute Gasteiger partial charge is 0.171 e. The number of aromatic amines is 1. The van der Waals surface area contributed by atoms with E-state index in [1.165, 1.54) is 11.3 Å². The number of hydrogen-bond acceptors (Lipinski definition) is 6. The van der Waals surface area contributed by atoms with E-state index < -0.39 is 13.7 Å². The molecule has 0 amide bonds. The fraction of sp³-hybridized carbons (Fsp3) is 0.409. The maximum absolute atomic E-state index is 10.3. The number of aliphatic hydroxyl groups is 1. The quantitative estimate of drug-likeness (QED) is 0.447. The Morgan fingerprint density at radius 2 is 2.00 bits per heavy atom. The topological polar surface area (TPSA) is 77.9 Å². The third-order valence-electron chi connectivity index (χ3n) is 4.66. The molecule has 2 N–H and O–H groups in total. The minimum absolute atomic E-state index is 0.385. The third-order valence-corrected chi connectivity index (χ3v) is 6.93. The Hall–Kier alpha value is -2.47. The summed E-state index contributed by atoms with van der Waals surface area (Å²) in [6.07, 6.45) is 5.82. The molecule has 0 spiro atoms. The summed E-state index contributed by atoms with van der Waals surface area (Å²) < 4.78 is 0. The summed E-state index contributed by atoms with van der Waals surface area (Å²) in [4.78, 5) is 13.6. The van der Waals surface area contributed by atoms with Crippen molar-refractivity contribution < 1.29 is 5.11 Å². The second-order valence-electron chi connectivity index (χ2n) is 9.20. The van der Waals surface area contributed by atoms with Crippen LogP contribution in [0.15, 0.2) is 30.6 Å². The minimum atomic E-state index is -1.55. The summed E-state index contributed by atoms with van der Waals surface area (Å²) in [7, 11) is -1.55. The first-order chi connectivity index (χ1) is 14.1. The average molecular weight is 438 g/mol. The molecule has 30 heavy (non-hydrogen) atoms. The normalized spacial score (nSPS) is 14.3. The van der Waals surface area contributed by atoms with Crippen LogP contribution in [0.1, 0.15) is 37.1 Å². The molecular formula is C22H27N5OSSi. The first kappa shape index (κ1) is 20.8. The Kier molecular flexibility index (Phi) is 5.30. The Labute approximate surface area is 182 Å². The van der Waals surface area contributed by atoms with Crippen LogP contribution in [0.3, 0.4) is 0 Å². The molecule has 3 aromatic heterocycles. The zero-order chi connectivity index (χ0) is 21.5. The summed E-state index contributed by atoms with van der Waals surface area (Å²) in [6, 6.07) is 6.27. The highest BCUT2D eigenvalue weighted by Gasteiger charge is 2.34. The van der Waals surface area contributed by atoms with Crippen LogP contribution in [0, 0.1) is 11.5 Å². The summed E-state index contributed by atoms with van der Waals surface area (Å²) in [5, 5.41) is 17.5. The number of aromatic nitrogens is 4. The van der Waals surface area contributed by atoms with Gasteiger partial charge in [-0.1, -0.05) is 25.6 Å². The molecular weight excluding hydrogens is 410 g/mol. The highest BCUT2D eigenvalue weighted by atomic mass is 32.1. The highest BCUT2D eigenvalue weighted by Crippen LogP contribution is 2.39. The molecule has 0 saturated heterocycles. The second-order valence-corrected chi connectivity index (χ2v) is 15.0. The fourth-order valence-corrected chi connectivity index (χ4v) is 4.46. The van der Waals surface area contributed by atoms with Crippen LogP contribution >= 0.6 is 11.3 Å². The van der Waals surface area contributed by atoms with Gasteiger partial charge in [0.25, 0.3) is 0 Å². The van der Waals surface area contributed by atoms with Gasteiger partial charge in [-0.05, 0) is 38.8 Å². The van der Waals surface area contributed by atoms with Crippen LogP contribution in [0.2, 0.25) is 19.6 Å². The molecule has 0 radical (unpaired) electrons. The van der Waals surface area contributed by atoms with Gasteiger partial charge in [-0.25, -0.2) is 9.97 Å². The molecule has 1 aliphatic rings. The van der Waals surface area contributed by atoms with Crippen molar-refractivity contribution in [3.05, 3.63) is 41.0 Å². The zero-order valence-electron chi connectivity index (χ0n) is 18.0. The Morgan fingerprint density at radius 3 is 2.57 bits per heavy atom. The monoisotopic (exact) mass is 437 g/mol. The molecule has 0 bridgehead atoms. The van der Waals surface area contributed by atoms with Crippen molar-refractivity contribution in [1.29, 1.82) is 0 Å². The Bertz CT molecular complexity index is 1100. The predicted molar refractivity (Wildman–Crippen MR) is 125 cm³/mol. The van der Waals surface area contributed by atoms with E-state index in [0.717, 1.165) is 39.8 Å². The molecule has 8 heteroatoms. The van der Waals surface area contributed by atoms with Gasteiger partial charge in [-0.15, -0.1) is 16.9 Å². The molecule has 6 nitrogen and oxygen atoms in total. The van der Waals surface area contributed by atoms with Gasteiger partial charge >= 0.3 is 0 Å². The van der Waals surface area contributed by atoms with Crippen molar-refractivity contribution in [3.8, 4) is 22.2 Å². The van der Waals surface area contributed by atoms with Crippen LogP contribution in [0.25, 0.3) is 10.7 Å². The molecule has 0 unspecified atom stereocenters. The molecule has 3 aromatic rings. The fourth-order valence-electron chi connectivity index (χ4n) is 3.00. The Morgan fingerprint density at radius 1 is 1.23 bits per heavy atom. The molecule has 0 aromatic carbocycles. The van der Waals surface area contributed by atoms with Crippen molar-refractivity contribution >= 4 is 31.0 Å². The van der Waals surface area contributed by atoms with Crippen molar-refractivity contribution in [2.75, 3.05) is 4.90 Å². The molecule has 0 atom stereocenters. The van der Waals surface area contributed by atoms with Crippen molar-refractivity contribution in [1.82, 2.24) is 20.2 Å². The van der Waals surface area contributed by atoms with Crippen LogP contribution in [-0.4, -0.2) is 39.4 Å². The van der Waals surface area contributed by atoms with Crippen LogP contribution in [-0.2, 0) is 5.60 Å². The molecule has 1 fully saturated rings. The van der Waals surface area contributed by atoms with E-state index >= 15 is 0 Å². The largest absolute Gasteiger partial charge is 0.385 e. The highest BCUT2D eigenvalue weighted by molar-refractivity contribution is 7.15. The van der Waals surface area contributed by atoms with Gasteiger partial charge in [-0.2, -0.15) is 5.10 Å². The molecule has 156 valence electrons. The summed E-state index contributed by atoms with van der Waals surface area (Å²) >= 11 is 1.52. The first-order valence-corrected chi connectivity index (χ1v) is 14.5. The molecule has 1 aliphatic carbocycles. The van der Waals surface area contributed by atoms with Crippen molar-refractivity contribution in [3.63, 3.8) is 0 Å². The summed E-state index contributed by atoms with van der Waals surface area (Å²) in [5.74, 6) is 5.74. The molecule has 3 heterocycles. The second kappa shape index (κ2) is 7.65. The number of thiophene rings is 1. The molecule has 0 aliphatic heterocycles. The lowest BCUT2D eigenvalue weighted by Crippen LogP contribution is -2.23. The van der Waals surface area contributed by atoms with E-state index in [-0.39, 0.29) is 0 Å². The van der Waals surface area contributed by atoms with Crippen LogP contribution < -0.4 is 4.90 Å². The van der Waals surface area contributed by atoms with E-state index in [0.29, 0.717) is 11.9 Å². The predicted octanol–water partition coefficient (Wildman–Crippen LogP) is 4.69. The third kappa shape index (κ3) is 4.64. The lowest BCUT2D eigenvalue weighted by Gasteiger charge is -2.23. The van der Waals surface area contributed by atoms with Gasteiger partial charge in [0.1, 0.15) is 13.9 Å². The molecule has 4 rings (SSSR count). The first-order valence-electron chi connectivity index (χ1n) is 10.1. The van der Waals surface area contributed by atoms with Crippen LogP contribution in [0.4, 0.5) is 11.6 Å². The molecule has 1 saturated carbocycles. The lowest BCUT2D eigenvalue weighted by molar-refractivity contribution is 0.0825. The zero-order valence-corrected chi connectivity index (χ0v) is 19.8. The van der Waals surface area contributed by atoms with Gasteiger partial charge in [0.05, 0.1) is 22.2 Å². The maximum Gasteiger partial charge on any atom is 0.171 e. The van der Waals surface area contributed by atoms with Crippen molar-refractivity contribution in [2.24, 2.45) is 0 Å². The van der Waals surface area contributed by atoms with Gasteiger partial charge in [0.2, 0.25) is 0 Å². The number of H-pyrrole nitrogens is 1. The number of anilines is 2. The van der Waals surface area contributed by atoms with Gasteiger partial charge < -0.3 is 10.0 Å². The SMILES string of the molecule is CC(C)(O)c1ccc(-c2ncc(C#C[Si](C)(C)C)c(N(c3ccn[nH]3)C3CC3)n2)s1. The van der Waals surface area contributed by atoms with Gasteiger partial charge in [0, 0.05) is 23.2 Å². The van der Waals surface area contributed by atoms with Gasteiger partial charge in [-0.3, -0.25) is 5.10 Å². The number of nitrogens with zero attached hydrogens (tertiary/aromatic N) is 4. The van der Waals surface area contributed by atoms with E-state index in [9.17, 15) is 5.11 Å². The Balaban J connectivity index is 1.82. The van der Waals surface area contributed by atoms with Crippen molar-refractivity contribution in [2.45, 2.75) is 58.0 Å². The standard InChI is InChI=1S/C22H27N5OSSi/c1-22(2,28)18-9-8-17(29-18)20-23-14-15(11-13-30(3,4)5)21(25-20)27(16-6-7-16)19-10-12-24-26-19/h8-10,12,14,16,28H,6-7H2,1-5H3,(H,24,26). The number of hydrogen-bond donors (Lipinski definition) is 2. The van der Waals surface area contributed by atoms with E-state index in [1.807, 2.05) is 24.4 Å². The van der Waals surface area contributed by atoms with Crippen LogP contribution in [0.5, 0.6) is 0 Å². The lowest BCUT2D eigenvalue weighted by atomic mass is 10.1. The van der Waals surface area contributed by atoms with E-state index in [1.54, 1.807) is 20.0 Å². The number of nitrogens with one attached hydrogen (secondary N) is 1.